The third-order valence-corrected chi connectivity index (χ3v) is 4.11. The first kappa shape index (κ1) is 8.16. The average Bonchev–Trinajstić information content (AvgIpc) is 2.76. The average molecular weight is 188 g/mol. The second-order valence-electron chi connectivity index (χ2n) is 4.59. The fourth-order valence-corrected chi connectivity index (χ4v) is 3.51. The Bertz CT molecular complexity index is 391. The molecule has 3 aliphatic rings. The van der Waals surface area contributed by atoms with E-state index in [0.29, 0.717) is 5.92 Å². The Kier molecular flexibility index (Phi) is 1.31. The normalized spacial score (nSPS) is 47.5. The van der Waals surface area contributed by atoms with E-state index in [0.717, 1.165) is 6.42 Å². The molecule has 0 radical (unpaired) electrons. The maximum atomic E-state index is 11.7. The van der Waals surface area contributed by atoms with Gasteiger partial charge in [0.05, 0.1) is 5.41 Å². The molecule has 14 heavy (non-hydrogen) atoms. The van der Waals surface area contributed by atoms with E-state index in [-0.39, 0.29) is 23.4 Å². The zero-order chi connectivity index (χ0) is 9.92. The number of ketones is 2. The number of carbonyl (C=O) groups excluding carboxylic acids is 2. The van der Waals surface area contributed by atoms with Gasteiger partial charge in [0.1, 0.15) is 5.78 Å². The molecule has 0 spiro atoms. The highest BCUT2D eigenvalue weighted by molar-refractivity contribution is 6.04. The molecule has 72 valence electrons. The molecule has 0 saturated heterocycles. The van der Waals surface area contributed by atoms with E-state index in [2.05, 4.69) is 12.2 Å². The predicted octanol–water partition coefficient (Wildman–Crippen LogP) is 1.52. The molecule has 3 unspecified atom stereocenters. The minimum absolute atomic E-state index is 0.0741. The van der Waals surface area contributed by atoms with Gasteiger partial charge in [-0.1, -0.05) is 18.2 Å². The third-order valence-electron chi connectivity index (χ3n) is 4.11. The smallest absolute Gasteiger partial charge is 0.160 e. The van der Waals surface area contributed by atoms with Gasteiger partial charge in [0.15, 0.2) is 5.78 Å². The Hall–Kier alpha value is -1.18. The molecule has 0 amide bonds. The third kappa shape index (κ3) is 0.658. The van der Waals surface area contributed by atoms with Crippen molar-refractivity contribution < 1.29 is 9.59 Å². The van der Waals surface area contributed by atoms with Crippen LogP contribution in [-0.4, -0.2) is 11.6 Å². The van der Waals surface area contributed by atoms with Crippen LogP contribution in [0.1, 0.15) is 13.3 Å². The van der Waals surface area contributed by atoms with Crippen LogP contribution in [0.3, 0.4) is 0 Å². The van der Waals surface area contributed by atoms with Crippen molar-refractivity contribution in [2.24, 2.45) is 23.2 Å². The van der Waals surface area contributed by atoms with Crippen molar-refractivity contribution in [1.29, 1.82) is 0 Å². The number of allylic oxidation sites excluding steroid dienone is 4. The molecule has 1 fully saturated rings. The van der Waals surface area contributed by atoms with Crippen LogP contribution in [0.5, 0.6) is 0 Å². The van der Waals surface area contributed by atoms with Crippen molar-refractivity contribution in [1.82, 2.24) is 0 Å². The van der Waals surface area contributed by atoms with Crippen LogP contribution >= 0.6 is 0 Å². The molecule has 2 heteroatoms. The highest BCUT2D eigenvalue weighted by Gasteiger charge is 2.61. The lowest BCUT2D eigenvalue weighted by molar-refractivity contribution is -0.132. The standard InChI is InChI=1S/C12H12O2/c1-7(13)12-5-4-10(14)11(12)8-2-3-9(12)6-8/h2-5,8-9,11H,6H2,1H3/t8?,9?,11?,12-/m1/s1. The SMILES string of the molecule is CC(=O)[C@@]12C=CC(=O)C1C1C=CC2C1. The van der Waals surface area contributed by atoms with Gasteiger partial charge in [-0.2, -0.15) is 0 Å². The van der Waals surface area contributed by atoms with Crippen molar-refractivity contribution in [2.45, 2.75) is 13.3 Å². The quantitative estimate of drug-likeness (QED) is 0.585. The van der Waals surface area contributed by atoms with Crippen molar-refractivity contribution in [3.8, 4) is 0 Å². The number of hydrogen-bond donors (Lipinski definition) is 0. The summed E-state index contributed by atoms with van der Waals surface area (Å²) in [6, 6.07) is 0. The number of hydrogen-bond acceptors (Lipinski definition) is 2. The van der Waals surface area contributed by atoms with Gasteiger partial charge in [-0.15, -0.1) is 0 Å². The minimum atomic E-state index is -0.462. The van der Waals surface area contributed by atoms with Crippen LogP contribution in [0, 0.1) is 23.2 Å². The van der Waals surface area contributed by atoms with E-state index >= 15 is 0 Å². The van der Waals surface area contributed by atoms with Crippen molar-refractivity contribution in [3.05, 3.63) is 24.3 Å². The molecule has 0 aromatic heterocycles. The van der Waals surface area contributed by atoms with Crippen LogP contribution < -0.4 is 0 Å². The van der Waals surface area contributed by atoms with Gasteiger partial charge in [0, 0.05) is 5.92 Å². The Labute approximate surface area is 82.7 Å². The van der Waals surface area contributed by atoms with Crippen molar-refractivity contribution in [3.63, 3.8) is 0 Å². The fourth-order valence-electron chi connectivity index (χ4n) is 3.51. The molecule has 0 N–H and O–H groups in total. The van der Waals surface area contributed by atoms with Crippen LogP contribution in [0.2, 0.25) is 0 Å². The molecular formula is C12H12O2. The minimum Gasteiger partial charge on any atom is -0.299 e. The first-order chi connectivity index (χ1) is 6.66. The van der Waals surface area contributed by atoms with Crippen LogP contribution in [0.15, 0.2) is 24.3 Å². The summed E-state index contributed by atoms with van der Waals surface area (Å²) < 4.78 is 0. The van der Waals surface area contributed by atoms with Crippen molar-refractivity contribution in [2.75, 3.05) is 0 Å². The highest BCUT2D eigenvalue weighted by Crippen LogP contribution is 2.60. The number of rotatable bonds is 1. The summed E-state index contributed by atoms with van der Waals surface area (Å²) in [6.07, 6.45) is 8.68. The molecule has 0 aromatic carbocycles. The molecule has 0 aromatic rings. The van der Waals surface area contributed by atoms with E-state index in [9.17, 15) is 9.59 Å². The summed E-state index contributed by atoms with van der Waals surface area (Å²) >= 11 is 0. The van der Waals surface area contributed by atoms with Gasteiger partial charge >= 0.3 is 0 Å². The molecule has 3 aliphatic carbocycles. The number of Topliss-reactive ketones (excluding diaryl/α,β-unsaturated/α-hetero) is 1. The lowest BCUT2D eigenvalue weighted by Gasteiger charge is -2.32. The van der Waals surface area contributed by atoms with E-state index in [1.807, 2.05) is 6.08 Å². The first-order valence-corrected chi connectivity index (χ1v) is 5.08. The summed E-state index contributed by atoms with van der Waals surface area (Å²) in [5.74, 6) is 0.817. The van der Waals surface area contributed by atoms with E-state index in [1.165, 1.54) is 0 Å². The maximum absolute atomic E-state index is 11.7. The largest absolute Gasteiger partial charge is 0.299 e. The van der Waals surface area contributed by atoms with Gasteiger partial charge in [0.25, 0.3) is 0 Å². The zero-order valence-electron chi connectivity index (χ0n) is 8.07. The Balaban J connectivity index is 2.19. The van der Waals surface area contributed by atoms with Gasteiger partial charge in [-0.25, -0.2) is 0 Å². The Morgan fingerprint density at radius 2 is 2.29 bits per heavy atom. The summed E-state index contributed by atoms with van der Waals surface area (Å²) in [7, 11) is 0. The molecule has 0 aliphatic heterocycles. The van der Waals surface area contributed by atoms with Gasteiger partial charge in [-0.3, -0.25) is 9.59 Å². The second kappa shape index (κ2) is 2.25. The fraction of sp³-hybridized carbons (Fsp3) is 0.500. The van der Waals surface area contributed by atoms with E-state index < -0.39 is 5.41 Å². The van der Waals surface area contributed by atoms with Gasteiger partial charge in [0.2, 0.25) is 0 Å². The molecule has 3 rings (SSSR count). The maximum Gasteiger partial charge on any atom is 0.160 e. The summed E-state index contributed by atoms with van der Waals surface area (Å²) in [4.78, 5) is 23.4. The topological polar surface area (TPSA) is 34.1 Å². The van der Waals surface area contributed by atoms with Crippen LogP contribution in [0.4, 0.5) is 0 Å². The molecular weight excluding hydrogens is 176 g/mol. The molecule has 4 atom stereocenters. The van der Waals surface area contributed by atoms with Gasteiger partial charge < -0.3 is 0 Å². The van der Waals surface area contributed by atoms with Crippen molar-refractivity contribution >= 4 is 11.6 Å². The van der Waals surface area contributed by atoms with Gasteiger partial charge in [-0.05, 0) is 31.3 Å². The van der Waals surface area contributed by atoms with Crippen LogP contribution in [0.25, 0.3) is 0 Å². The first-order valence-electron chi connectivity index (χ1n) is 5.08. The lowest BCUT2D eigenvalue weighted by atomic mass is 9.68. The Morgan fingerprint density at radius 3 is 2.93 bits per heavy atom. The van der Waals surface area contributed by atoms with Crippen LogP contribution in [-0.2, 0) is 9.59 Å². The Morgan fingerprint density at radius 1 is 1.50 bits per heavy atom. The second-order valence-corrected chi connectivity index (χ2v) is 4.59. The summed E-state index contributed by atoms with van der Waals surface area (Å²) in [5, 5.41) is 0. The summed E-state index contributed by atoms with van der Waals surface area (Å²) in [5.41, 5.74) is -0.462. The highest BCUT2D eigenvalue weighted by atomic mass is 16.1. The molecule has 2 nitrogen and oxygen atoms in total. The molecule has 0 heterocycles. The van der Waals surface area contributed by atoms with E-state index in [4.69, 9.17) is 0 Å². The number of fused-ring (bicyclic) bond motifs is 5. The predicted molar refractivity (Wildman–Crippen MR) is 51.5 cm³/mol. The molecule has 1 saturated carbocycles. The molecule has 2 bridgehead atoms. The zero-order valence-corrected chi connectivity index (χ0v) is 8.07. The monoisotopic (exact) mass is 188 g/mol. The lowest BCUT2D eigenvalue weighted by Crippen LogP contribution is -2.38. The summed E-state index contributed by atoms with van der Waals surface area (Å²) in [6.45, 7) is 1.62. The number of carbonyl (C=O) groups is 2. The van der Waals surface area contributed by atoms with E-state index in [1.54, 1.807) is 13.0 Å².